The Balaban J connectivity index is 1.76. The van der Waals surface area contributed by atoms with Gasteiger partial charge in [0, 0.05) is 30.1 Å². The van der Waals surface area contributed by atoms with Crippen molar-refractivity contribution < 1.29 is 9.90 Å². The number of halogens is 1. The van der Waals surface area contributed by atoms with Gasteiger partial charge < -0.3 is 10.0 Å². The Hall–Kier alpha value is -1.50. The summed E-state index contributed by atoms with van der Waals surface area (Å²) in [4.78, 5) is 14.6. The van der Waals surface area contributed by atoms with E-state index in [-0.39, 0.29) is 12.5 Å². The molecule has 3 rings (SSSR count). The number of likely N-dealkylation sites (tertiary alicyclic amines) is 1. The summed E-state index contributed by atoms with van der Waals surface area (Å²) < 4.78 is 0. The van der Waals surface area contributed by atoms with E-state index in [0.29, 0.717) is 34.5 Å². The first kappa shape index (κ1) is 14.4. The van der Waals surface area contributed by atoms with Gasteiger partial charge in [0.2, 0.25) is 0 Å². The van der Waals surface area contributed by atoms with Gasteiger partial charge in [0.25, 0.3) is 5.91 Å². The van der Waals surface area contributed by atoms with Crippen molar-refractivity contribution in [3.05, 3.63) is 34.3 Å². The molecule has 0 spiro atoms. The standard InChI is InChI=1S/C17H18ClNO2/c18-16-10-14(6-5-13(16)3-1-2-8-20)17(21)19-11-12-4-7-15(19)9-12/h5-6,10,12,15,20H,2,4,7-9,11H2. The molecule has 1 aliphatic heterocycles. The van der Waals surface area contributed by atoms with Gasteiger partial charge in [0.1, 0.15) is 0 Å². The summed E-state index contributed by atoms with van der Waals surface area (Å²) in [5.41, 5.74) is 1.34. The second-order valence-corrected chi connectivity index (χ2v) is 6.17. The lowest BCUT2D eigenvalue weighted by Crippen LogP contribution is -2.37. The first-order chi connectivity index (χ1) is 10.2. The van der Waals surface area contributed by atoms with E-state index in [0.717, 1.165) is 19.4 Å². The summed E-state index contributed by atoms with van der Waals surface area (Å²) in [6.45, 7) is 0.928. The van der Waals surface area contributed by atoms with Crippen molar-refractivity contribution in [3.63, 3.8) is 0 Å². The molecule has 0 radical (unpaired) electrons. The minimum atomic E-state index is 0.0404. The maximum Gasteiger partial charge on any atom is 0.254 e. The quantitative estimate of drug-likeness (QED) is 0.853. The van der Waals surface area contributed by atoms with E-state index in [4.69, 9.17) is 16.7 Å². The second kappa shape index (κ2) is 6.09. The molecule has 1 N–H and O–H groups in total. The molecular weight excluding hydrogens is 286 g/mol. The normalized spacial score (nSPS) is 23.0. The molecule has 1 saturated heterocycles. The molecule has 2 fully saturated rings. The maximum absolute atomic E-state index is 12.6. The van der Waals surface area contributed by atoms with Crippen LogP contribution >= 0.6 is 11.6 Å². The summed E-state index contributed by atoms with van der Waals surface area (Å²) in [6.07, 6.45) is 3.97. The third-order valence-corrected chi connectivity index (χ3v) is 4.66. The predicted molar refractivity (Wildman–Crippen MR) is 82.2 cm³/mol. The monoisotopic (exact) mass is 303 g/mol. The average molecular weight is 304 g/mol. The minimum absolute atomic E-state index is 0.0404. The third kappa shape index (κ3) is 2.92. The highest BCUT2D eigenvalue weighted by atomic mass is 35.5. The number of benzene rings is 1. The van der Waals surface area contributed by atoms with Crippen molar-refractivity contribution in [2.45, 2.75) is 31.7 Å². The smallest absolute Gasteiger partial charge is 0.254 e. The number of piperidine rings is 1. The van der Waals surface area contributed by atoms with E-state index in [2.05, 4.69) is 11.8 Å². The van der Waals surface area contributed by atoms with Gasteiger partial charge in [-0.2, -0.15) is 0 Å². The zero-order valence-electron chi connectivity index (χ0n) is 11.8. The van der Waals surface area contributed by atoms with Gasteiger partial charge in [-0.3, -0.25) is 4.79 Å². The Morgan fingerprint density at radius 3 is 2.90 bits per heavy atom. The zero-order valence-corrected chi connectivity index (χ0v) is 12.6. The molecule has 110 valence electrons. The van der Waals surface area contributed by atoms with Crippen molar-refractivity contribution in [1.29, 1.82) is 0 Å². The lowest BCUT2D eigenvalue weighted by molar-refractivity contribution is 0.0703. The van der Waals surface area contributed by atoms with E-state index < -0.39 is 0 Å². The molecule has 1 aromatic carbocycles. The molecule has 0 aromatic heterocycles. The number of amides is 1. The number of carbonyl (C=O) groups excluding carboxylic acids is 1. The van der Waals surface area contributed by atoms with Gasteiger partial charge in [-0.1, -0.05) is 23.4 Å². The van der Waals surface area contributed by atoms with Crippen molar-refractivity contribution in [2.24, 2.45) is 5.92 Å². The first-order valence-electron chi connectivity index (χ1n) is 7.39. The van der Waals surface area contributed by atoms with Crippen molar-refractivity contribution in [2.75, 3.05) is 13.2 Å². The van der Waals surface area contributed by atoms with Crippen LogP contribution in [0.5, 0.6) is 0 Å². The van der Waals surface area contributed by atoms with E-state index in [1.54, 1.807) is 18.2 Å². The molecule has 4 heteroatoms. The summed E-state index contributed by atoms with van der Waals surface area (Å²) >= 11 is 6.20. The van der Waals surface area contributed by atoms with E-state index >= 15 is 0 Å². The number of rotatable bonds is 2. The van der Waals surface area contributed by atoms with Crippen LogP contribution in [0.25, 0.3) is 0 Å². The lowest BCUT2D eigenvalue weighted by atomic mass is 10.1. The fraction of sp³-hybridized carbons (Fsp3) is 0.471. The Bertz CT molecular complexity index is 617. The van der Waals surface area contributed by atoms with Gasteiger partial charge in [-0.25, -0.2) is 0 Å². The van der Waals surface area contributed by atoms with Gasteiger partial charge in [-0.05, 0) is 43.4 Å². The molecule has 1 saturated carbocycles. The highest BCUT2D eigenvalue weighted by Crippen LogP contribution is 2.38. The minimum Gasteiger partial charge on any atom is -0.395 e. The molecule has 1 aromatic rings. The molecule has 2 atom stereocenters. The van der Waals surface area contributed by atoms with Crippen molar-refractivity contribution >= 4 is 17.5 Å². The average Bonchev–Trinajstić information content (AvgIpc) is 3.11. The van der Waals surface area contributed by atoms with Crippen molar-refractivity contribution in [1.82, 2.24) is 4.90 Å². The molecule has 2 unspecified atom stereocenters. The van der Waals surface area contributed by atoms with Gasteiger partial charge in [0.05, 0.1) is 11.6 Å². The van der Waals surface area contributed by atoms with Crippen LogP contribution in [0.3, 0.4) is 0 Å². The van der Waals surface area contributed by atoms with Gasteiger partial charge >= 0.3 is 0 Å². The van der Waals surface area contributed by atoms with Crippen molar-refractivity contribution in [3.8, 4) is 11.8 Å². The largest absolute Gasteiger partial charge is 0.395 e. The van der Waals surface area contributed by atoms with Crippen LogP contribution in [0.1, 0.15) is 41.6 Å². The summed E-state index contributed by atoms with van der Waals surface area (Å²) in [5.74, 6) is 6.52. The number of carbonyl (C=O) groups is 1. The summed E-state index contributed by atoms with van der Waals surface area (Å²) in [6, 6.07) is 5.71. The molecule has 2 aliphatic rings. The van der Waals surface area contributed by atoms with E-state index in [1.165, 1.54) is 6.42 Å². The molecular formula is C17H18ClNO2. The molecule has 2 bridgehead atoms. The van der Waals surface area contributed by atoms with Crippen LogP contribution in [0.15, 0.2) is 18.2 Å². The zero-order chi connectivity index (χ0) is 14.8. The van der Waals surface area contributed by atoms with E-state index in [9.17, 15) is 4.79 Å². The van der Waals surface area contributed by atoms with Crippen LogP contribution in [0.4, 0.5) is 0 Å². The van der Waals surface area contributed by atoms with Crippen LogP contribution < -0.4 is 0 Å². The third-order valence-electron chi connectivity index (χ3n) is 4.35. The Morgan fingerprint density at radius 1 is 1.43 bits per heavy atom. The molecule has 21 heavy (non-hydrogen) atoms. The summed E-state index contributed by atoms with van der Waals surface area (Å²) in [5, 5.41) is 9.21. The van der Waals surface area contributed by atoms with Crippen LogP contribution in [0.2, 0.25) is 5.02 Å². The maximum atomic E-state index is 12.6. The fourth-order valence-corrected chi connectivity index (χ4v) is 3.53. The number of hydrogen-bond donors (Lipinski definition) is 1. The number of aliphatic hydroxyl groups is 1. The molecule has 1 heterocycles. The number of aliphatic hydroxyl groups excluding tert-OH is 1. The Kier molecular flexibility index (Phi) is 4.19. The van der Waals surface area contributed by atoms with Gasteiger partial charge in [0.15, 0.2) is 0 Å². The predicted octanol–water partition coefficient (Wildman–Crippen LogP) is 2.70. The van der Waals surface area contributed by atoms with Crippen LogP contribution in [0, 0.1) is 17.8 Å². The Labute approximate surface area is 129 Å². The van der Waals surface area contributed by atoms with Crippen LogP contribution in [-0.4, -0.2) is 35.1 Å². The molecule has 3 nitrogen and oxygen atoms in total. The Morgan fingerprint density at radius 2 is 2.29 bits per heavy atom. The van der Waals surface area contributed by atoms with Gasteiger partial charge in [-0.15, -0.1) is 0 Å². The summed E-state index contributed by atoms with van der Waals surface area (Å²) in [7, 11) is 0. The lowest BCUT2D eigenvalue weighted by Gasteiger charge is -2.27. The molecule has 1 aliphatic carbocycles. The fourth-order valence-electron chi connectivity index (χ4n) is 3.30. The van der Waals surface area contributed by atoms with E-state index in [1.807, 2.05) is 4.90 Å². The first-order valence-corrected chi connectivity index (χ1v) is 7.77. The number of hydrogen-bond acceptors (Lipinski definition) is 2. The molecule has 1 amide bonds. The SMILES string of the molecule is O=C(c1ccc(C#CCCO)c(Cl)c1)N1CC2CCC1C2. The number of fused-ring (bicyclic) bond motifs is 2. The highest BCUT2D eigenvalue weighted by Gasteiger charge is 2.40. The topological polar surface area (TPSA) is 40.5 Å². The highest BCUT2D eigenvalue weighted by molar-refractivity contribution is 6.32. The number of nitrogens with zero attached hydrogens (tertiary/aromatic N) is 1. The second-order valence-electron chi connectivity index (χ2n) is 5.76. The van der Waals surface area contributed by atoms with Crippen LogP contribution in [-0.2, 0) is 0 Å².